The molecule has 0 saturated carbocycles. The Bertz CT molecular complexity index is 575. The van der Waals surface area contributed by atoms with Crippen molar-refractivity contribution in [2.75, 3.05) is 5.73 Å². The molecule has 3 nitrogen and oxygen atoms in total. The maximum Gasteiger partial charge on any atom is 0.164 e. The molecule has 2 N–H and O–H groups in total. The molecular weight excluding hydrogens is 188 g/mol. The predicted molar refractivity (Wildman–Crippen MR) is 58.8 cm³/mol. The van der Waals surface area contributed by atoms with E-state index in [1.165, 1.54) is 0 Å². The Balaban J connectivity index is 2.51. The molecule has 0 fully saturated rings. The lowest BCUT2D eigenvalue weighted by Crippen LogP contribution is -1.98. The number of ketones is 1. The van der Waals surface area contributed by atoms with Crippen LogP contribution in [-0.2, 0) is 6.42 Å². The van der Waals surface area contributed by atoms with Gasteiger partial charge in [-0.15, -0.1) is 0 Å². The monoisotopic (exact) mass is 198 g/mol. The van der Waals surface area contributed by atoms with Gasteiger partial charge in [0.05, 0.1) is 5.52 Å². The van der Waals surface area contributed by atoms with Crippen LogP contribution in [0.3, 0.4) is 0 Å². The molecule has 0 atom stereocenters. The third-order valence-electron chi connectivity index (χ3n) is 2.93. The highest BCUT2D eigenvalue weighted by Crippen LogP contribution is 2.31. The number of anilines is 1. The van der Waals surface area contributed by atoms with Crippen molar-refractivity contribution in [1.82, 2.24) is 4.98 Å². The first kappa shape index (κ1) is 8.41. The smallest absolute Gasteiger partial charge is 0.164 e. The summed E-state index contributed by atoms with van der Waals surface area (Å²) in [6.07, 6.45) is 3.10. The van der Waals surface area contributed by atoms with Gasteiger partial charge < -0.3 is 5.73 Å². The summed E-state index contributed by atoms with van der Waals surface area (Å²) in [6.45, 7) is 0. The van der Waals surface area contributed by atoms with Crippen molar-refractivity contribution in [3.05, 3.63) is 35.5 Å². The second kappa shape index (κ2) is 2.79. The van der Waals surface area contributed by atoms with Crippen molar-refractivity contribution in [3.8, 4) is 0 Å². The van der Waals surface area contributed by atoms with Crippen LogP contribution in [0, 0.1) is 0 Å². The van der Waals surface area contributed by atoms with Gasteiger partial charge in [0.15, 0.2) is 5.78 Å². The quantitative estimate of drug-likeness (QED) is 0.703. The van der Waals surface area contributed by atoms with E-state index in [0.717, 1.165) is 28.5 Å². The Morgan fingerprint density at radius 2 is 2.07 bits per heavy atom. The number of nitrogen functional groups attached to an aromatic ring is 1. The first-order chi connectivity index (χ1) is 7.27. The minimum absolute atomic E-state index is 0.190. The fourth-order valence-corrected chi connectivity index (χ4v) is 2.22. The summed E-state index contributed by atoms with van der Waals surface area (Å²) in [6, 6.07) is 5.66. The zero-order valence-electron chi connectivity index (χ0n) is 8.16. The number of benzene rings is 1. The maximum atomic E-state index is 11.7. The number of nitrogens with two attached hydrogens (primary N) is 1. The molecule has 1 aliphatic carbocycles. The highest BCUT2D eigenvalue weighted by Gasteiger charge is 2.23. The summed E-state index contributed by atoms with van der Waals surface area (Å²) >= 11 is 0. The van der Waals surface area contributed by atoms with Crippen LogP contribution >= 0.6 is 0 Å². The summed E-state index contributed by atoms with van der Waals surface area (Å²) in [5, 5.41) is 0.831. The van der Waals surface area contributed by atoms with Crippen molar-refractivity contribution < 1.29 is 4.79 Å². The summed E-state index contributed by atoms with van der Waals surface area (Å²) in [4.78, 5) is 16.0. The molecule has 0 spiro atoms. The predicted octanol–water partition coefficient (Wildman–Crippen LogP) is 1.95. The Morgan fingerprint density at radius 3 is 2.93 bits per heavy atom. The number of nitrogens with zero attached hydrogens (tertiary/aromatic N) is 1. The standard InChI is InChI=1S/C12H10N2O/c13-8-5-6-14-9-3-1-7-2-4-10(15)11(7)12(8)9/h1,3,5-6H,2,4H2,(H2,13,14). The SMILES string of the molecule is Nc1ccnc2ccc3c(c12)C(=O)CC3. The van der Waals surface area contributed by atoms with E-state index in [-0.39, 0.29) is 5.78 Å². The number of Topliss-reactive ketones (excluding diaryl/α,β-unsaturated/α-hetero) is 1. The lowest BCUT2D eigenvalue weighted by atomic mass is 10.0. The zero-order valence-corrected chi connectivity index (χ0v) is 8.16. The van der Waals surface area contributed by atoms with Crippen molar-refractivity contribution in [1.29, 1.82) is 0 Å². The highest BCUT2D eigenvalue weighted by atomic mass is 16.1. The molecule has 0 bridgehead atoms. The second-order valence-corrected chi connectivity index (χ2v) is 3.82. The molecule has 0 aliphatic heterocycles. The molecule has 2 aromatic rings. The average molecular weight is 198 g/mol. The number of rotatable bonds is 0. The van der Waals surface area contributed by atoms with Crippen molar-refractivity contribution in [2.24, 2.45) is 0 Å². The van der Waals surface area contributed by atoms with Crippen LogP contribution in [0.15, 0.2) is 24.4 Å². The van der Waals surface area contributed by atoms with Gasteiger partial charge in [0.1, 0.15) is 0 Å². The number of fused-ring (bicyclic) bond motifs is 3. The Morgan fingerprint density at radius 1 is 1.20 bits per heavy atom. The van der Waals surface area contributed by atoms with Gasteiger partial charge in [-0.3, -0.25) is 9.78 Å². The van der Waals surface area contributed by atoms with Gasteiger partial charge in [0, 0.05) is 29.3 Å². The molecule has 0 unspecified atom stereocenters. The number of aryl methyl sites for hydroxylation is 1. The van der Waals surface area contributed by atoms with Gasteiger partial charge >= 0.3 is 0 Å². The molecule has 0 radical (unpaired) electrons. The first-order valence-corrected chi connectivity index (χ1v) is 4.96. The van der Waals surface area contributed by atoms with Gasteiger partial charge in [-0.25, -0.2) is 0 Å². The van der Waals surface area contributed by atoms with Gasteiger partial charge in [-0.1, -0.05) is 6.07 Å². The molecule has 74 valence electrons. The second-order valence-electron chi connectivity index (χ2n) is 3.82. The van der Waals surface area contributed by atoms with E-state index in [9.17, 15) is 4.79 Å². The van der Waals surface area contributed by atoms with Gasteiger partial charge in [-0.05, 0) is 24.1 Å². The van der Waals surface area contributed by atoms with E-state index in [0.29, 0.717) is 12.1 Å². The maximum absolute atomic E-state index is 11.7. The molecular formula is C12H10N2O. The van der Waals surface area contributed by atoms with Gasteiger partial charge in [0.2, 0.25) is 0 Å². The number of aromatic nitrogens is 1. The van der Waals surface area contributed by atoms with Crippen LogP contribution in [0.1, 0.15) is 22.3 Å². The van der Waals surface area contributed by atoms with Crippen LogP contribution in [0.4, 0.5) is 5.69 Å². The van der Waals surface area contributed by atoms with Crippen LogP contribution in [-0.4, -0.2) is 10.8 Å². The normalized spacial score (nSPS) is 14.5. The zero-order chi connectivity index (χ0) is 10.4. The van der Waals surface area contributed by atoms with E-state index < -0.39 is 0 Å². The molecule has 0 saturated heterocycles. The molecule has 1 aromatic heterocycles. The van der Waals surface area contributed by atoms with Crippen molar-refractivity contribution in [2.45, 2.75) is 12.8 Å². The molecule has 1 aliphatic rings. The van der Waals surface area contributed by atoms with Crippen LogP contribution < -0.4 is 5.73 Å². The number of pyridine rings is 1. The Hall–Kier alpha value is -1.90. The number of hydrogen-bond acceptors (Lipinski definition) is 3. The summed E-state index contributed by atoms with van der Waals surface area (Å²) in [5.74, 6) is 0.190. The Kier molecular flexibility index (Phi) is 1.57. The van der Waals surface area contributed by atoms with E-state index in [1.54, 1.807) is 12.3 Å². The summed E-state index contributed by atoms with van der Waals surface area (Å²) < 4.78 is 0. The lowest BCUT2D eigenvalue weighted by molar-refractivity contribution is 0.0996. The average Bonchev–Trinajstić information content (AvgIpc) is 2.61. The van der Waals surface area contributed by atoms with Crippen LogP contribution in [0.25, 0.3) is 10.9 Å². The van der Waals surface area contributed by atoms with Crippen molar-refractivity contribution in [3.63, 3.8) is 0 Å². The largest absolute Gasteiger partial charge is 0.398 e. The molecule has 1 heterocycles. The first-order valence-electron chi connectivity index (χ1n) is 4.96. The third-order valence-corrected chi connectivity index (χ3v) is 2.93. The summed E-state index contributed by atoms with van der Waals surface area (Å²) in [7, 11) is 0. The number of carbonyl (C=O) groups excluding carboxylic acids is 1. The fourth-order valence-electron chi connectivity index (χ4n) is 2.22. The van der Waals surface area contributed by atoms with Crippen molar-refractivity contribution >= 4 is 22.4 Å². The Labute approximate surface area is 86.9 Å². The van der Waals surface area contributed by atoms with Gasteiger partial charge in [-0.2, -0.15) is 0 Å². The van der Waals surface area contributed by atoms with E-state index >= 15 is 0 Å². The fraction of sp³-hybridized carbons (Fsp3) is 0.167. The molecule has 1 aromatic carbocycles. The molecule has 0 amide bonds. The van der Waals surface area contributed by atoms with Crippen LogP contribution in [0.5, 0.6) is 0 Å². The van der Waals surface area contributed by atoms with Gasteiger partial charge in [0.25, 0.3) is 0 Å². The lowest BCUT2D eigenvalue weighted by Gasteiger charge is -2.05. The van der Waals surface area contributed by atoms with E-state index in [4.69, 9.17) is 5.73 Å². The minimum atomic E-state index is 0.190. The van der Waals surface area contributed by atoms with E-state index in [1.807, 2.05) is 12.1 Å². The number of carbonyl (C=O) groups is 1. The van der Waals surface area contributed by atoms with E-state index in [2.05, 4.69) is 4.98 Å². The summed E-state index contributed by atoms with van der Waals surface area (Å²) in [5.41, 5.74) is 9.25. The molecule has 15 heavy (non-hydrogen) atoms. The van der Waals surface area contributed by atoms with Crippen LogP contribution in [0.2, 0.25) is 0 Å². The topological polar surface area (TPSA) is 56.0 Å². The third kappa shape index (κ3) is 1.06. The minimum Gasteiger partial charge on any atom is -0.398 e. The molecule has 3 heteroatoms. The highest BCUT2D eigenvalue weighted by molar-refractivity contribution is 6.14. The number of hydrogen-bond donors (Lipinski definition) is 1. The molecule has 3 rings (SSSR count).